The molecule has 0 bridgehead atoms. The average Bonchev–Trinajstić information content (AvgIpc) is 3.75. The first-order valence-electron chi connectivity index (χ1n) is 18.9. The van der Waals surface area contributed by atoms with Gasteiger partial charge in [0.05, 0.1) is 52.1 Å². The third-order valence-electron chi connectivity index (χ3n) is 10.9. The van der Waals surface area contributed by atoms with Crippen LogP contribution in [0.15, 0.2) is 65.6 Å². The number of hydrogen-bond acceptors (Lipinski definition) is 10. The van der Waals surface area contributed by atoms with Crippen molar-refractivity contribution < 1.29 is 44.3 Å². The third-order valence-corrected chi connectivity index (χ3v) is 11.8. The molecule has 9 rings (SSSR count). The number of rotatable bonds is 12. The molecule has 5 heterocycles. The molecule has 2 aromatic carbocycles. The van der Waals surface area contributed by atoms with Gasteiger partial charge in [0.1, 0.15) is 35.4 Å². The average molecular weight is 913 g/mol. The van der Waals surface area contributed by atoms with Crippen molar-refractivity contribution in [1.29, 1.82) is 0 Å². The number of ether oxygens (including phenoxy) is 1. The van der Waals surface area contributed by atoms with Crippen molar-refractivity contribution in [2.24, 2.45) is 13.0 Å². The normalized spacial score (nSPS) is 16.9. The second-order valence-electron chi connectivity index (χ2n) is 15.2. The summed E-state index contributed by atoms with van der Waals surface area (Å²) in [5.41, 5.74) is -2.14. The van der Waals surface area contributed by atoms with Crippen molar-refractivity contribution in [3.05, 3.63) is 116 Å². The standard InChI is InChI=1S/C40H31ClF6N10O5S/c1-55-33-27(7-5-24(41)31(33)37(53-55)54-63(3,60)61)57-38(51-36-21(39(57)59)4-6-25(50-36)18-8-9-48-29(13-18)62-2)26(12-17-10-19(42)14-20(43)11-17)49-28(58)16-56-34-30(32(52-56)35(44)45)22-15-23(22)40(34,46)47/h4-11,13-14,22-23,26,35H,12,15-16H2,1-3H3,(H,49,58)(H,53,54)/t22-,23+,26-/m0/s1. The monoisotopic (exact) mass is 912 g/mol. The highest BCUT2D eigenvalue weighted by Gasteiger charge is 2.67. The van der Waals surface area contributed by atoms with E-state index in [9.17, 15) is 35.6 Å². The van der Waals surface area contributed by atoms with Crippen LogP contribution in [0.2, 0.25) is 5.02 Å². The van der Waals surface area contributed by atoms with Crippen LogP contribution >= 0.6 is 11.6 Å². The zero-order chi connectivity index (χ0) is 44.9. The molecule has 0 spiro atoms. The highest BCUT2D eigenvalue weighted by molar-refractivity contribution is 7.92. The number of halogens is 7. The number of aromatic nitrogens is 8. The highest BCUT2D eigenvalue weighted by Crippen LogP contribution is 2.68. The highest BCUT2D eigenvalue weighted by atomic mass is 35.5. The Kier molecular flexibility index (Phi) is 9.99. The van der Waals surface area contributed by atoms with E-state index in [1.807, 2.05) is 0 Å². The number of hydrogen-bond donors (Lipinski definition) is 2. The molecule has 0 radical (unpaired) electrons. The fourth-order valence-corrected chi connectivity index (χ4v) is 9.04. The number of methoxy groups -OCH3 is 1. The van der Waals surface area contributed by atoms with E-state index in [0.717, 1.165) is 23.0 Å². The predicted octanol–water partition coefficient (Wildman–Crippen LogP) is 6.48. The lowest BCUT2D eigenvalue weighted by atomic mass is 10.0. The first-order chi connectivity index (χ1) is 29.8. The van der Waals surface area contributed by atoms with Gasteiger partial charge in [-0.3, -0.25) is 28.2 Å². The fourth-order valence-electron chi connectivity index (χ4n) is 8.30. The SMILES string of the molecule is COc1cc(-c2ccc3c(=O)n(-c4ccc(Cl)c5c(NS(C)(=O)=O)nn(C)c45)c([C@H](Cc4cc(F)cc(F)c4)NC(=O)Cn4nc(C(F)F)c5c4C(F)(F)[C@@H]4C[C@H]54)nc3n2)ccn1. The van der Waals surface area contributed by atoms with Crippen molar-refractivity contribution in [2.75, 3.05) is 18.1 Å². The Morgan fingerprint density at radius 3 is 2.49 bits per heavy atom. The Bertz CT molecular complexity index is 3210. The molecule has 1 amide bonds. The Morgan fingerprint density at radius 2 is 1.79 bits per heavy atom. The summed E-state index contributed by atoms with van der Waals surface area (Å²) in [6.45, 7) is -1.00. The predicted molar refractivity (Wildman–Crippen MR) is 216 cm³/mol. The summed E-state index contributed by atoms with van der Waals surface area (Å²) < 4.78 is 124. The first kappa shape index (κ1) is 41.8. The van der Waals surface area contributed by atoms with Crippen molar-refractivity contribution >= 4 is 55.3 Å². The molecule has 15 nitrogen and oxygen atoms in total. The van der Waals surface area contributed by atoms with Gasteiger partial charge in [0, 0.05) is 48.8 Å². The number of sulfonamides is 1. The van der Waals surface area contributed by atoms with Gasteiger partial charge in [-0.25, -0.2) is 40.9 Å². The number of pyridine rings is 2. The van der Waals surface area contributed by atoms with Crippen LogP contribution in [-0.2, 0) is 40.8 Å². The molecule has 2 aliphatic carbocycles. The van der Waals surface area contributed by atoms with Gasteiger partial charge in [0.2, 0.25) is 21.8 Å². The Labute approximate surface area is 356 Å². The van der Waals surface area contributed by atoms with Crippen LogP contribution in [0.1, 0.15) is 53.1 Å². The minimum Gasteiger partial charge on any atom is -0.481 e. The topological polar surface area (TPSA) is 181 Å². The second kappa shape index (κ2) is 15.1. The largest absolute Gasteiger partial charge is 0.481 e. The lowest BCUT2D eigenvalue weighted by Gasteiger charge is -2.24. The smallest absolute Gasteiger partial charge is 0.293 e. The summed E-state index contributed by atoms with van der Waals surface area (Å²) in [6, 6.07) is 9.88. The van der Waals surface area contributed by atoms with E-state index < -0.39 is 87.7 Å². The van der Waals surface area contributed by atoms with Gasteiger partial charge < -0.3 is 10.1 Å². The number of aryl methyl sites for hydroxylation is 1. The minimum atomic E-state index is -3.93. The molecular formula is C40H31ClF6N10O5S. The van der Waals surface area contributed by atoms with Crippen LogP contribution in [0.3, 0.4) is 0 Å². The summed E-state index contributed by atoms with van der Waals surface area (Å²) in [7, 11) is -1.07. The van der Waals surface area contributed by atoms with E-state index in [0.29, 0.717) is 22.0 Å². The van der Waals surface area contributed by atoms with Gasteiger partial charge in [-0.15, -0.1) is 0 Å². The molecule has 0 aliphatic heterocycles. The quantitative estimate of drug-likeness (QED) is 0.129. The summed E-state index contributed by atoms with van der Waals surface area (Å²) in [5.74, 6) is -8.96. The van der Waals surface area contributed by atoms with E-state index >= 15 is 8.78 Å². The first-order valence-corrected chi connectivity index (χ1v) is 21.2. The maximum Gasteiger partial charge on any atom is 0.293 e. The maximum atomic E-state index is 15.5. The maximum absolute atomic E-state index is 15.5. The lowest BCUT2D eigenvalue weighted by molar-refractivity contribution is -0.123. The zero-order valence-corrected chi connectivity index (χ0v) is 34.4. The Morgan fingerprint density at radius 1 is 1.05 bits per heavy atom. The van der Waals surface area contributed by atoms with Crippen LogP contribution in [0, 0.1) is 17.6 Å². The molecule has 1 fully saturated rings. The summed E-state index contributed by atoms with van der Waals surface area (Å²) in [5, 5.41) is 10.7. The van der Waals surface area contributed by atoms with E-state index in [1.54, 1.807) is 12.1 Å². The number of nitrogens with zero attached hydrogens (tertiary/aromatic N) is 8. The van der Waals surface area contributed by atoms with Crippen molar-refractivity contribution in [2.45, 2.75) is 43.7 Å². The molecule has 2 N–H and O–H groups in total. The van der Waals surface area contributed by atoms with Gasteiger partial charge in [-0.2, -0.15) is 19.0 Å². The van der Waals surface area contributed by atoms with Crippen LogP contribution < -0.4 is 20.3 Å². The molecule has 63 heavy (non-hydrogen) atoms. The van der Waals surface area contributed by atoms with Crippen LogP contribution in [0.5, 0.6) is 5.88 Å². The zero-order valence-electron chi connectivity index (χ0n) is 32.9. The number of benzene rings is 2. The molecule has 1 saturated carbocycles. The molecule has 326 valence electrons. The molecule has 0 saturated heterocycles. The number of carbonyl (C=O) groups excluding carboxylic acids is 1. The van der Waals surface area contributed by atoms with Crippen LogP contribution in [-0.4, -0.2) is 66.8 Å². The molecule has 5 aromatic heterocycles. The second-order valence-corrected chi connectivity index (χ2v) is 17.3. The van der Waals surface area contributed by atoms with Crippen molar-refractivity contribution in [3.63, 3.8) is 0 Å². The van der Waals surface area contributed by atoms with Gasteiger partial charge in [-0.05, 0) is 60.4 Å². The number of alkyl halides is 4. The summed E-state index contributed by atoms with van der Waals surface area (Å²) in [4.78, 5) is 42.7. The van der Waals surface area contributed by atoms with E-state index in [-0.39, 0.29) is 67.7 Å². The van der Waals surface area contributed by atoms with E-state index in [2.05, 4.69) is 30.2 Å². The van der Waals surface area contributed by atoms with E-state index in [4.69, 9.17) is 21.3 Å². The molecule has 2 aliphatic rings. The minimum absolute atomic E-state index is 0.0138. The number of anilines is 1. The Hall–Kier alpha value is -6.55. The summed E-state index contributed by atoms with van der Waals surface area (Å²) in [6.07, 6.45) is -1.37. The molecule has 23 heteroatoms. The summed E-state index contributed by atoms with van der Waals surface area (Å²) >= 11 is 6.62. The van der Waals surface area contributed by atoms with Crippen LogP contribution in [0.25, 0.3) is 38.9 Å². The van der Waals surface area contributed by atoms with Crippen molar-refractivity contribution in [3.8, 4) is 22.8 Å². The molecule has 3 atom stereocenters. The molecular weight excluding hydrogens is 882 g/mol. The van der Waals surface area contributed by atoms with Crippen molar-refractivity contribution in [1.82, 2.24) is 44.4 Å². The van der Waals surface area contributed by atoms with Gasteiger partial charge >= 0.3 is 0 Å². The Balaban J connectivity index is 1.26. The number of carbonyl (C=O) groups is 1. The molecule has 7 aromatic rings. The van der Waals surface area contributed by atoms with Gasteiger partial charge in [-0.1, -0.05) is 11.6 Å². The van der Waals surface area contributed by atoms with Crippen LogP contribution in [0.4, 0.5) is 32.2 Å². The third kappa shape index (κ3) is 7.39. The number of fused-ring (bicyclic) bond motifs is 5. The fraction of sp³-hybridized carbons (Fsp3) is 0.275. The molecule has 0 unspecified atom stereocenters. The lowest BCUT2D eigenvalue weighted by Crippen LogP contribution is -2.38. The van der Waals surface area contributed by atoms with Gasteiger partial charge in [0.25, 0.3) is 17.9 Å². The number of amides is 1. The van der Waals surface area contributed by atoms with Gasteiger partial charge in [0.15, 0.2) is 11.5 Å². The van der Waals surface area contributed by atoms with E-state index in [1.165, 1.54) is 49.3 Å². The number of nitrogens with one attached hydrogen (secondary N) is 2.